The van der Waals surface area contributed by atoms with Crippen LogP contribution in [0.15, 0.2) is 42.1 Å². The maximum atomic E-state index is 6.13. The van der Waals surface area contributed by atoms with Crippen molar-refractivity contribution in [1.29, 1.82) is 0 Å². The Hall–Kier alpha value is -1.30. The van der Waals surface area contributed by atoms with Crippen LogP contribution >= 0.6 is 12.6 Å². The van der Waals surface area contributed by atoms with Crippen molar-refractivity contribution in [1.82, 2.24) is 4.98 Å². The van der Waals surface area contributed by atoms with Gasteiger partial charge in [0.1, 0.15) is 0 Å². The topological polar surface area (TPSA) is 31.4 Å². The van der Waals surface area contributed by atoms with Gasteiger partial charge in [-0.2, -0.15) is 12.6 Å². The molecule has 0 atom stereocenters. The zero-order valence-corrected chi connectivity index (χ0v) is 14.9. The SMILES string of the molecule is CC1(C)OB(C(=Cc2ccc3cnccc3c2)CS)OC1(C)C. The lowest BCUT2D eigenvalue weighted by Crippen LogP contribution is -2.41. The fourth-order valence-electron chi connectivity index (χ4n) is 2.59. The highest BCUT2D eigenvalue weighted by atomic mass is 32.1. The molecule has 2 aromatic rings. The predicted octanol–water partition coefficient (Wildman–Crippen LogP) is 4.18. The molecule has 3 nitrogen and oxygen atoms in total. The molecule has 3 rings (SSSR count). The van der Waals surface area contributed by atoms with Crippen molar-refractivity contribution in [2.24, 2.45) is 0 Å². The van der Waals surface area contributed by atoms with E-state index in [-0.39, 0.29) is 18.3 Å². The lowest BCUT2D eigenvalue weighted by atomic mass is 9.78. The Kier molecular flexibility index (Phi) is 4.30. The molecule has 0 N–H and O–H groups in total. The molecular weight excluding hydrogens is 305 g/mol. The van der Waals surface area contributed by atoms with Crippen LogP contribution in [0, 0.1) is 0 Å². The maximum Gasteiger partial charge on any atom is 0.491 e. The van der Waals surface area contributed by atoms with Crippen molar-refractivity contribution in [3.8, 4) is 0 Å². The van der Waals surface area contributed by atoms with Crippen molar-refractivity contribution in [3.63, 3.8) is 0 Å². The zero-order valence-electron chi connectivity index (χ0n) is 14.0. The van der Waals surface area contributed by atoms with Gasteiger partial charge in [0.05, 0.1) is 11.2 Å². The second-order valence-electron chi connectivity index (χ2n) is 6.95. The molecule has 0 aliphatic carbocycles. The van der Waals surface area contributed by atoms with Gasteiger partial charge in [-0.25, -0.2) is 0 Å². The number of hydrogen-bond donors (Lipinski definition) is 1. The highest BCUT2D eigenvalue weighted by Gasteiger charge is 2.52. The number of benzene rings is 1. The summed E-state index contributed by atoms with van der Waals surface area (Å²) in [6, 6.07) is 8.32. The van der Waals surface area contributed by atoms with Gasteiger partial charge in [0.2, 0.25) is 0 Å². The standard InChI is InChI=1S/C18H22BNO2S/c1-17(2)18(3,4)22-19(21-17)16(12-23)10-13-5-6-15-11-20-8-7-14(15)9-13/h5-11,23H,12H2,1-4H3. The summed E-state index contributed by atoms with van der Waals surface area (Å²) >= 11 is 4.47. The van der Waals surface area contributed by atoms with E-state index in [0.29, 0.717) is 5.75 Å². The van der Waals surface area contributed by atoms with Crippen LogP contribution in [0.2, 0.25) is 0 Å². The quantitative estimate of drug-likeness (QED) is 0.678. The number of hydrogen-bond acceptors (Lipinski definition) is 4. The minimum absolute atomic E-state index is 0.339. The summed E-state index contributed by atoms with van der Waals surface area (Å²) in [6.45, 7) is 8.25. The zero-order chi connectivity index (χ0) is 16.7. The molecule has 1 aliphatic heterocycles. The van der Waals surface area contributed by atoms with Gasteiger partial charge in [-0.15, -0.1) is 0 Å². The van der Waals surface area contributed by atoms with E-state index >= 15 is 0 Å². The monoisotopic (exact) mass is 327 g/mol. The Labute approximate surface area is 143 Å². The molecule has 0 unspecified atom stereocenters. The number of fused-ring (bicyclic) bond motifs is 1. The van der Waals surface area contributed by atoms with Crippen LogP contribution in [0.3, 0.4) is 0 Å². The first-order valence-corrected chi connectivity index (χ1v) is 8.46. The second-order valence-corrected chi connectivity index (χ2v) is 7.26. The van der Waals surface area contributed by atoms with E-state index < -0.39 is 0 Å². The lowest BCUT2D eigenvalue weighted by Gasteiger charge is -2.32. The first-order valence-electron chi connectivity index (χ1n) is 7.83. The Morgan fingerprint density at radius 3 is 2.48 bits per heavy atom. The summed E-state index contributed by atoms with van der Waals surface area (Å²) in [6.07, 6.45) is 5.79. The van der Waals surface area contributed by atoms with Crippen LogP contribution in [-0.4, -0.2) is 29.1 Å². The first-order chi connectivity index (χ1) is 10.8. The summed E-state index contributed by atoms with van der Waals surface area (Å²) < 4.78 is 12.3. The Morgan fingerprint density at radius 2 is 1.83 bits per heavy atom. The number of rotatable bonds is 3. The molecule has 0 saturated carbocycles. The third kappa shape index (κ3) is 3.18. The van der Waals surface area contributed by atoms with Gasteiger partial charge in [-0.1, -0.05) is 18.2 Å². The van der Waals surface area contributed by atoms with E-state index in [4.69, 9.17) is 9.31 Å². The third-order valence-corrected chi connectivity index (χ3v) is 5.12. The average molecular weight is 327 g/mol. The molecule has 2 heterocycles. The van der Waals surface area contributed by atoms with E-state index in [1.165, 1.54) is 5.39 Å². The second kappa shape index (κ2) is 5.97. The van der Waals surface area contributed by atoms with Gasteiger partial charge in [-0.05, 0) is 56.2 Å². The van der Waals surface area contributed by atoms with Crippen LogP contribution in [0.1, 0.15) is 33.3 Å². The van der Waals surface area contributed by atoms with Crippen LogP contribution in [-0.2, 0) is 9.31 Å². The van der Waals surface area contributed by atoms with E-state index in [1.54, 1.807) is 0 Å². The molecule has 1 aromatic heterocycles. The molecule has 5 heteroatoms. The van der Waals surface area contributed by atoms with Crippen LogP contribution in [0.4, 0.5) is 0 Å². The van der Waals surface area contributed by atoms with Gasteiger partial charge >= 0.3 is 7.12 Å². The number of pyridine rings is 1. The normalized spacial score (nSPS) is 20.2. The summed E-state index contributed by atoms with van der Waals surface area (Å²) in [7, 11) is -0.356. The van der Waals surface area contributed by atoms with Crippen molar-refractivity contribution in [3.05, 3.63) is 47.7 Å². The fourth-order valence-corrected chi connectivity index (χ4v) is 2.83. The van der Waals surface area contributed by atoms with Crippen molar-refractivity contribution >= 4 is 36.6 Å². The van der Waals surface area contributed by atoms with Crippen LogP contribution in [0.5, 0.6) is 0 Å². The molecule has 1 aromatic carbocycles. The van der Waals surface area contributed by atoms with Gasteiger partial charge in [-0.3, -0.25) is 4.98 Å². The third-order valence-electron chi connectivity index (χ3n) is 4.76. The molecule has 0 spiro atoms. The van der Waals surface area contributed by atoms with Gasteiger partial charge in [0.15, 0.2) is 0 Å². The van der Waals surface area contributed by atoms with Crippen LogP contribution in [0.25, 0.3) is 16.8 Å². The van der Waals surface area contributed by atoms with Gasteiger partial charge in [0, 0.05) is 23.5 Å². The first kappa shape index (κ1) is 16.6. The predicted molar refractivity (Wildman–Crippen MR) is 99.7 cm³/mol. The molecule has 120 valence electrons. The number of aromatic nitrogens is 1. The molecule has 23 heavy (non-hydrogen) atoms. The summed E-state index contributed by atoms with van der Waals surface area (Å²) in [5.74, 6) is 0.589. The van der Waals surface area contributed by atoms with Crippen molar-refractivity contribution in [2.75, 3.05) is 5.75 Å². The van der Waals surface area contributed by atoms with E-state index in [2.05, 4.69) is 69.6 Å². The summed E-state index contributed by atoms with van der Waals surface area (Å²) in [4.78, 5) is 4.15. The Balaban J connectivity index is 1.92. The minimum Gasteiger partial charge on any atom is -0.400 e. The minimum atomic E-state index is -0.356. The lowest BCUT2D eigenvalue weighted by molar-refractivity contribution is 0.00578. The summed E-state index contributed by atoms with van der Waals surface area (Å²) in [5.41, 5.74) is 1.46. The average Bonchev–Trinajstić information content (AvgIpc) is 2.72. The summed E-state index contributed by atoms with van der Waals surface area (Å²) in [5, 5.41) is 2.30. The molecule has 0 bridgehead atoms. The smallest absolute Gasteiger partial charge is 0.400 e. The molecule has 0 amide bonds. The van der Waals surface area contributed by atoms with E-state index in [1.807, 2.05) is 18.5 Å². The highest BCUT2D eigenvalue weighted by molar-refractivity contribution is 7.80. The molecular formula is C18H22BNO2S. The maximum absolute atomic E-state index is 6.13. The largest absolute Gasteiger partial charge is 0.491 e. The Morgan fingerprint density at radius 1 is 1.13 bits per heavy atom. The molecule has 1 fully saturated rings. The number of thiol groups is 1. The molecule has 1 aliphatic rings. The molecule has 1 saturated heterocycles. The van der Waals surface area contributed by atoms with Gasteiger partial charge < -0.3 is 9.31 Å². The van der Waals surface area contributed by atoms with Crippen molar-refractivity contribution < 1.29 is 9.31 Å². The highest BCUT2D eigenvalue weighted by Crippen LogP contribution is 2.39. The fraction of sp³-hybridized carbons (Fsp3) is 0.389. The Bertz CT molecular complexity index is 742. The van der Waals surface area contributed by atoms with E-state index in [9.17, 15) is 0 Å². The van der Waals surface area contributed by atoms with E-state index in [0.717, 1.165) is 16.4 Å². The van der Waals surface area contributed by atoms with Crippen LogP contribution < -0.4 is 0 Å². The van der Waals surface area contributed by atoms with Crippen molar-refractivity contribution in [2.45, 2.75) is 38.9 Å². The molecule has 0 radical (unpaired) electrons. The van der Waals surface area contributed by atoms with Gasteiger partial charge in [0.25, 0.3) is 0 Å². The number of nitrogens with zero attached hydrogens (tertiary/aromatic N) is 1.